The van der Waals surface area contributed by atoms with E-state index in [9.17, 15) is 35.1 Å². The van der Waals surface area contributed by atoms with Crippen LogP contribution in [0.15, 0.2) is 35.3 Å². The lowest BCUT2D eigenvalue weighted by Gasteiger charge is -2.00. The van der Waals surface area contributed by atoms with Gasteiger partial charge in [0.25, 0.3) is 11.4 Å². The van der Waals surface area contributed by atoms with Gasteiger partial charge in [0.2, 0.25) is 5.70 Å². The van der Waals surface area contributed by atoms with Crippen LogP contribution in [0.25, 0.3) is 0 Å². The molecule has 0 unspecified atom stereocenters. The van der Waals surface area contributed by atoms with E-state index in [0.717, 1.165) is 31.6 Å². The third-order valence-corrected chi connectivity index (χ3v) is 3.97. The van der Waals surface area contributed by atoms with E-state index in [0.29, 0.717) is 25.7 Å². The van der Waals surface area contributed by atoms with Crippen LogP contribution >= 0.6 is 0 Å². The minimum atomic E-state index is -0.701. The van der Waals surface area contributed by atoms with E-state index in [2.05, 4.69) is 0 Å². The van der Waals surface area contributed by atoms with Crippen LogP contribution in [0.1, 0.15) is 71.1 Å². The maximum Gasteiger partial charge on any atom is 0.253 e. The Morgan fingerprint density at radius 2 is 1.29 bits per heavy atom. The van der Waals surface area contributed by atoms with Crippen molar-refractivity contribution >= 4 is 6.29 Å². The molecule has 28 heavy (non-hydrogen) atoms. The highest BCUT2D eigenvalue weighted by Gasteiger charge is 2.21. The van der Waals surface area contributed by atoms with Crippen LogP contribution in [0, 0.1) is 30.3 Å². The Morgan fingerprint density at radius 1 is 0.750 bits per heavy atom. The lowest BCUT2D eigenvalue weighted by Crippen LogP contribution is -2.06. The van der Waals surface area contributed by atoms with E-state index >= 15 is 0 Å². The molecule has 0 heterocycles. The maximum atomic E-state index is 11.2. The number of allylic oxidation sites excluding steroid dienone is 4. The van der Waals surface area contributed by atoms with Crippen molar-refractivity contribution in [3.63, 3.8) is 0 Å². The molecule has 0 aromatic heterocycles. The summed E-state index contributed by atoms with van der Waals surface area (Å²) in [6, 6.07) is 0. The van der Waals surface area contributed by atoms with E-state index in [1.807, 2.05) is 6.92 Å². The van der Waals surface area contributed by atoms with Crippen LogP contribution in [0.2, 0.25) is 0 Å². The Morgan fingerprint density at radius 3 is 1.82 bits per heavy atom. The number of rotatable bonds is 16. The van der Waals surface area contributed by atoms with Crippen LogP contribution in [0.4, 0.5) is 0 Å². The maximum absolute atomic E-state index is 11.2. The van der Waals surface area contributed by atoms with Crippen LogP contribution in [0.3, 0.4) is 0 Å². The number of hydrogen-bond acceptors (Lipinski definition) is 7. The number of aldehydes is 1. The average molecular weight is 397 g/mol. The Labute approximate surface area is 163 Å². The highest BCUT2D eigenvalue weighted by Crippen LogP contribution is 2.17. The van der Waals surface area contributed by atoms with Gasteiger partial charge in [-0.2, -0.15) is 0 Å². The Hall–Kier alpha value is -2.91. The van der Waals surface area contributed by atoms with Crippen molar-refractivity contribution in [1.29, 1.82) is 0 Å². The first-order valence-electron chi connectivity index (χ1n) is 9.27. The lowest BCUT2D eigenvalue weighted by atomic mass is 10.1. The van der Waals surface area contributed by atoms with Crippen molar-refractivity contribution in [2.24, 2.45) is 0 Å². The van der Waals surface area contributed by atoms with Crippen molar-refractivity contribution in [2.45, 2.75) is 71.1 Å². The summed E-state index contributed by atoms with van der Waals surface area (Å²) >= 11 is 0. The van der Waals surface area contributed by atoms with Gasteiger partial charge < -0.3 is 4.79 Å². The summed E-state index contributed by atoms with van der Waals surface area (Å²) in [7, 11) is 0. The van der Waals surface area contributed by atoms with Crippen molar-refractivity contribution in [3.05, 3.63) is 65.7 Å². The first-order valence-corrected chi connectivity index (χ1v) is 9.27. The van der Waals surface area contributed by atoms with Crippen molar-refractivity contribution < 1.29 is 19.6 Å². The SMILES string of the molecule is CCCCC/C=C(\C/C(=C\C/C=C(\CCCCC=O)[N+](=O)[O-])[N+](=O)[O-])[N+](=O)[O-]. The Bertz CT molecular complexity index is 639. The summed E-state index contributed by atoms with van der Waals surface area (Å²) in [6.45, 7) is 2.00. The zero-order chi connectivity index (χ0) is 21.4. The molecule has 0 rings (SSSR count). The fourth-order valence-electron chi connectivity index (χ4n) is 2.40. The summed E-state index contributed by atoms with van der Waals surface area (Å²) in [5, 5.41) is 33.3. The third kappa shape index (κ3) is 11.7. The molecule has 0 spiro atoms. The summed E-state index contributed by atoms with van der Waals surface area (Å²) in [5.41, 5.74) is -0.695. The minimum Gasteiger partial charge on any atom is -0.303 e. The summed E-state index contributed by atoms with van der Waals surface area (Å²) in [5.74, 6) is 0. The standard InChI is InChI=1S/C18H27N3O7/c1-2-3-4-6-11-17(20(25)26)15-18(21(27)28)13-9-12-16(19(23)24)10-7-5-8-14-22/h11-14H,2-10,15H2,1H3/b16-12+,17-11+,18-13+. The van der Waals surface area contributed by atoms with Crippen molar-refractivity contribution in [2.75, 3.05) is 0 Å². The smallest absolute Gasteiger partial charge is 0.253 e. The van der Waals surface area contributed by atoms with E-state index in [4.69, 9.17) is 0 Å². The molecule has 156 valence electrons. The third-order valence-electron chi connectivity index (χ3n) is 3.97. The van der Waals surface area contributed by atoms with Gasteiger partial charge in [0, 0.05) is 12.8 Å². The van der Waals surface area contributed by atoms with Gasteiger partial charge >= 0.3 is 0 Å². The number of carbonyl (C=O) groups is 1. The van der Waals surface area contributed by atoms with E-state index in [-0.39, 0.29) is 29.9 Å². The largest absolute Gasteiger partial charge is 0.303 e. The first-order chi connectivity index (χ1) is 13.3. The molecule has 0 aliphatic rings. The van der Waals surface area contributed by atoms with Gasteiger partial charge in [-0.3, -0.25) is 30.3 Å². The molecule has 0 aromatic rings. The summed E-state index contributed by atoms with van der Waals surface area (Å²) in [6.07, 6.45) is 8.65. The quantitative estimate of drug-likeness (QED) is 0.160. The van der Waals surface area contributed by atoms with Gasteiger partial charge in [-0.1, -0.05) is 19.8 Å². The Kier molecular flexibility index (Phi) is 13.6. The number of nitro groups is 3. The molecule has 0 N–H and O–H groups in total. The van der Waals surface area contributed by atoms with E-state index in [1.54, 1.807) is 0 Å². The molecular weight excluding hydrogens is 370 g/mol. The second kappa shape index (κ2) is 15.2. The molecule has 0 atom stereocenters. The first kappa shape index (κ1) is 25.1. The number of hydrogen-bond donors (Lipinski definition) is 0. The predicted molar refractivity (Wildman–Crippen MR) is 103 cm³/mol. The molecule has 0 aliphatic heterocycles. The zero-order valence-electron chi connectivity index (χ0n) is 16.1. The van der Waals surface area contributed by atoms with Gasteiger partial charge in [0.1, 0.15) is 12.7 Å². The van der Waals surface area contributed by atoms with Crippen molar-refractivity contribution in [3.8, 4) is 0 Å². The topological polar surface area (TPSA) is 146 Å². The van der Waals surface area contributed by atoms with Crippen molar-refractivity contribution in [1.82, 2.24) is 0 Å². The van der Waals surface area contributed by atoms with Crippen LogP contribution < -0.4 is 0 Å². The molecule has 0 bridgehead atoms. The summed E-state index contributed by atoms with van der Waals surface area (Å²) in [4.78, 5) is 41.7. The molecule has 0 amide bonds. The lowest BCUT2D eigenvalue weighted by molar-refractivity contribution is -0.450. The van der Waals surface area contributed by atoms with Gasteiger partial charge in [-0.05, 0) is 50.3 Å². The van der Waals surface area contributed by atoms with Gasteiger partial charge in [-0.25, -0.2) is 0 Å². The number of carbonyl (C=O) groups excluding carboxylic acids is 1. The number of nitrogens with zero attached hydrogens (tertiary/aromatic N) is 3. The molecule has 0 saturated heterocycles. The van der Waals surface area contributed by atoms with E-state index in [1.165, 1.54) is 12.2 Å². The second-order valence-corrected chi connectivity index (χ2v) is 6.18. The molecule has 0 saturated carbocycles. The predicted octanol–water partition coefficient (Wildman–Crippen LogP) is 4.59. The second-order valence-electron chi connectivity index (χ2n) is 6.18. The van der Waals surface area contributed by atoms with Crippen LogP contribution in [0.5, 0.6) is 0 Å². The highest BCUT2D eigenvalue weighted by molar-refractivity contribution is 5.48. The zero-order valence-corrected chi connectivity index (χ0v) is 16.1. The molecule has 10 nitrogen and oxygen atoms in total. The monoisotopic (exact) mass is 397 g/mol. The molecule has 0 radical (unpaired) electrons. The molecule has 0 aliphatic carbocycles. The van der Waals surface area contributed by atoms with Crippen LogP contribution in [-0.2, 0) is 4.79 Å². The van der Waals surface area contributed by atoms with Crippen LogP contribution in [-0.4, -0.2) is 21.1 Å². The van der Waals surface area contributed by atoms with Gasteiger partial charge in [0.05, 0.1) is 14.8 Å². The minimum absolute atomic E-state index is 0.0683. The molecule has 0 aromatic carbocycles. The molecule has 10 heteroatoms. The highest BCUT2D eigenvalue weighted by atomic mass is 16.6. The summed E-state index contributed by atoms with van der Waals surface area (Å²) < 4.78 is 0. The fraction of sp³-hybridized carbons (Fsp3) is 0.611. The molecular formula is C18H27N3O7. The average Bonchev–Trinajstić information content (AvgIpc) is 2.63. The Balaban J connectivity index is 5.09. The number of unbranched alkanes of at least 4 members (excludes halogenated alkanes) is 5. The van der Waals surface area contributed by atoms with Gasteiger partial charge in [0.15, 0.2) is 0 Å². The van der Waals surface area contributed by atoms with Gasteiger partial charge in [-0.15, -0.1) is 0 Å². The molecule has 0 fully saturated rings. The fourth-order valence-corrected chi connectivity index (χ4v) is 2.40. The normalized spacial score (nSPS) is 12.7. The van der Waals surface area contributed by atoms with E-state index < -0.39 is 21.2 Å².